The number of rotatable bonds is 4. The van der Waals surface area contributed by atoms with Gasteiger partial charge in [0.25, 0.3) is 0 Å². The van der Waals surface area contributed by atoms with E-state index in [2.05, 4.69) is 15.9 Å². The molecule has 2 aromatic rings. The highest BCUT2D eigenvalue weighted by Gasteiger charge is 2.23. The number of thiophene rings is 1. The maximum absolute atomic E-state index is 12.4. The van der Waals surface area contributed by atoms with Crippen molar-refractivity contribution < 1.29 is 8.42 Å². The molecular weight excluding hydrogens is 348 g/mol. The highest BCUT2D eigenvalue weighted by molar-refractivity contribution is 9.10. The van der Waals surface area contributed by atoms with Crippen LogP contribution in [0.4, 0.5) is 5.69 Å². The van der Waals surface area contributed by atoms with E-state index in [-0.39, 0.29) is 4.90 Å². The first-order chi connectivity index (χ1) is 8.91. The van der Waals surface area contributed by atoms with Crippen molar-refractivity contribution in [2.24, 2.45) is 0 Å². The molecule has 0 spiro atoms. The molecule has 0 aliphatic rings. The first kappa shape index (κ1) is 14.5. The first-order valence-electron chi connectivity index (χ1n) is 5.43. The minimum Gasteiger partial charge on any atom is -0.399 e. The Labute approximate surface area is 125 Å². The van der Waals surface area contributed by atoms with E-state index in [9.17, 15) is 8.42 Å². The molecule has 2 N–H and O–H groups in total. The second-order valence-corrected chi connectivity index (χ2v) is 7.73. The van der Waals surface area contributed by atoms with Gasteiger partial charge in [0.1, 0.15) is 0 Å². The summed E-state index contributed by atoms with van der Waals surface area (Å²) in [5.41, 5.74) is 7.11. The molecule has 0 fully saturated rings. The Morgan fingerprint density at radius 3 is 2.68 bits per heavy atom. The molecule has 1 aromatic heterocycles. The van der Waals surface area contributed by atoms with Crippen molar-refractivity contribution in [2.75, 3.05) is 12.8 Å². The van der Waals surface area contributed by atoms with Gasteiger partial charge in [-0.25, -0.2) is 8.42 Å². The van der Waals surface area contributed by atoms with Crippen molar-refractivity contribution in [3.8, 4) is 0 Å². The van der Waals surface area contributed by atoms with Gasteiger partial charge in [-0.05, 0) is 56.5 Å². The number of sulfonamides is 1. The Balaban J connectivity index is 2.31. The Kier molecular flexibility index (Phi) is 4.29. The lowest BCUT2D eigenvalue weighted by Crippen LogP contribution is -2.26. The number of benzene rings is 1. The van der Waals surface area contributed by atoms with E-state index < -0.39 is 10.0 Å². The number of anilines is 1. The van der Waals surface area contributed by atoms with Crippen LogP contribution in [-0.2, 0) is 16.6 Å². The van der Waals surface area contributed by atoms with Crippen LogP contribution >= 0.6 is 27.3 Å². The lowest BCUT2D eigenvalue weighted by atomic mass is 10.3. The van der Waals surface area contributed by atoms with Gasteiger partial charge in [0.15, 0.2) is 0 Å². The van der Waals surface area contributed by atoms with Gasteiger partial charge in [-0.3, -0.25) is 0 Å². The number of halogens is 1. The van der Waals surface area contributed by atoms with Gasteiger partial charge in [0.2, 0.25) is 10.0 Å². The molecule has 1 aromatic carbocycles. The quantitative estimate of drug-likeness (QED) is 0.852. The SMILES string of the molecule is CN(Cc1ccsc1)S(=O)(=O)c1ccc(N)cc1Br. The van der Waals surface area contributed by atoms with Crippen LogP contribution in [0.1, 0.15) is 5.56 Å². The maximum atomic E-state index is 12.4. The van der Waals surface area contributed by atoms with Crippen molar-refractivity contribution >= 4 is 43.0 Å². The molecule has 1 heterocycles. The van der Waals surface area contributed by atoms with Crippen LogP contribution in [0.3, 0.4) is 0 Å². The molecular formula is C12H13BrN2O2S2. The Morgan fingerprint density at radius 2 is 2.11 bits per heavy atom. The number of nitrogen functional groups attached to an aromatic ring is 1. The number of hydrogen-bond acceptors (Lipinski definition) is 4. The summed E-state index contributed by atoms with van der Waals surface area (Å²) >= 11 is 4.79. The largest absolute Gasteiger partial charge is 0.399 e. The fraction of sp³-hybridized carbons (Fsp3) is 0.167. The van der Waals surface area contributed by atoms with Crippen LogP contribution in [-0.4, -0.2) is 19.8 Å². The summed E-state index contributed by atoms with van der Waals surface area (Å²) in [6, 6.07) is 6.59. The van der Waals surface area contributed by atoms with Gasteiger partial charge >= 0.3 is 0 Å². The van der Waals surface area contributed by atoms with Gasteiger partial charge < -0.3 is 5.73 Å². The van der Waals surface area contributed by atoms with E-state index >= 15 is 0 Å². The summed E-state index contributed by atoms with van der Waals surface area (Å²) in [5, 5.41) is 3.86. The Bertz CT molecular complexity index is 669. The number of nitrogens with two attached hydrogens (primary N) is 1. The summed E-state index contributed by atoms with van der Waals surface area (Å²) in [6.45, 7) is 0.350. The van der Waals surface area contributed by atoms with Crippen LogP contribution in [0.25, 0.3) is 0 Å². The van der Waals surface area contributed by atoms with Crippen LogP contribution in [0, 0.1) is 0 Å². The minimum absolute atomic E-state index is 0.222. The average molecular weight is 361 g/mol. The molecule has 0 atom stereocenters. The highest BCUT2D eigenvalue weighted by atomic mass is 79.9. The van der Waals surface area contributed by atoms with E-state index in [0.29, 0.717) is 16.7 Å². The summed E-state index contributed by atoms with van der Waals surface area (Å²) < 4.78 is 26.7. The molecule has 2 rings (SSSR count). The molecule has 7 heteroatoms. The Hall–Kier alpha value is -0.890. The van der Waals surface area contributed by atoms with E-state index in [1.807, 2.05) is 16.8 Å². The van der Waals surface area contributed by atoms with Crippen LogP contribution in [0.5, 0.6) is 0 Å². The second-order valence-electron chi connectivity index (χ2n) is 4.08. The number of hydrogen-bond donors (Lipinski definition) is 1. The number of nitrogens with zero attached hydrogens (tertiary/aromatic N) is 1. The van der Waals surface area contributed by atoms with Crippen molar-refractivity contribution in [2.45, 2.75) is 11.4 Å². The van der Waals surface area contributed by atoms with E-state index in [4.69, 9.17) is 5.73 Å². The predicted molar refractivity (Wildman–Crippen MR) is 81.5 cm³/mol. The van der Waals surface area contributed by atoms with Crippen molar-refractivity contribution in [1.29, 1.82) is 0 Å². The lowest BCUT2D eigenvalue weighted by Gasteiger charge is -2.17. The van der Waals surface area contributed by atoms with Gasteiger partial charge in [-0.15, -0.1) is 0 Å². The molecule has 0 amide bonds. The molecule has 0 unspecified atom stereocenters. The topological polar surface area (TPSA) is 63.4 Å². The zero-order chi connectivity index (χ0) is 14.0. The molecule has 4 nitrogen and oxygen atoms in total. The monoisotopic (exact) mass is 360 g/mol. The average Bonchev–Trinajstić information content (AvgIpc) is 2.81. The van der Waals surface area contributed by atoms with Gasteiger partial charge in [-0.2, -0.15) is 15.6 Å². The third-order valence-electron chi connectivity index (χ3n) is 2.63. The standard InChI is InChI=1S/C12H13BrN2O2S2/c1-15(7-9-4-5-18-8-9)19(16,17)12-3-2-10(14)6-11(12)13/h2-6,8H,7,14H2,1H3. The fourth-order valence-corrected chi connectivity index (χ4v) is 4.49. The fourth-order valence-electron chi connectivity index (χ4n) is 1.62. The maximum Gasteiger partial charge on any atom is 0.244 e. The third-order valence-corrected chi connectivity index (χ3v) is 6.14. The van der Waals surface area contributed by atoms with E-state index in [1.54, 1.807) is 30.5 Å². The minimum atomic E-state index is -3.53. The van der Waals surface area contributed by atoms with Crippen LogP contribution in [0.15, 0.2) is 44.4 Å². The van der Waals surface area contributed by atoms with E-state index in [1.165, 1.54) is 10.4 Å². The highest BCUT2D eigenvalue weighted by Crippen LogP contribution is 2.27. The molecule has 0 saturated heterocycles. The summed E-state index contributed by atoms with van der Waals surface area (Å²) in [6.07, 6.45) is 0. The zero-order valence-corrected chi connectivity index (χ0v) is 13.4. The summed E-state index contributed by atoms with van der Waals surface area (Å²) in [4.78, 5) is 0.222. The lowest BCUT2D eigenvalue weighted by molar-refractivity contribution is 0.467. The Morgan fingerprint density at radius 1 is 1.37 bits per heavy atom. The van der Waals surface area contributed by atoms with Crippen molar-refractivity contribution in [3.05, 3.63) is 45.1 Å². The molecule has 0 saturated carbocycles. The van der Waals surface area contributed by atoms with Gasteiger partial charge in [0.05, 0.1) is 4.90 Å². The van der Waals surface area contributed by atoms with Crippen LogP contribution in [0.2, 0.25) is 0 Å². The zero-order valence-electron chi connectivity index (χ0n) is 10.2. The smallest absolute Gasteiger partial charge is 0.244 e. The van der Waals surface area contributed by atoms with Gasteiger partial charge in [-0.1, -0.05) is 0 Å². The van der Waals surface area contributed by atoms with Gasteiger partial charge in [0, 0.05) is 23.8 Å². The molecule has 102 valence electrons. The predicted octanol–water partition coefficient (Wildman–Crippen LogP) is 2.91. The summed E-state index contributed by atoms with van der Waals surface area (Å²) in [7, 11) is -1.96. The first-order valence-corrected chi connectivity index (χ1v) is 8.61. The molecule has 0 aliphatic heterocycles. The van der Waals surface area contributed by atoms with E-state index in [0.717, 1.165) is 5.56 Å². The van der Waals surface area contributed by atoms with Crippen molar-refractivity contribution in [1.82, 2.24) is 4.31 Å². The second kappa shape index (κ2) is 5.62. The van der Waals surface area contributed by atoms with Crippen LogP contribution < -0.4 is 5.73 Å². The molecule has 19 heavy (non-hydrogen) atoms. The third kappa shape index (κ3) is 3.17. The summed E-state index contributed by atoms with van der Waals surface area (Å²) in [5.74, 6) is 0. The molecule has 0 radical (unpaired) electrons. The molecule has 0 bridgehead atoms. The molecule has 0 aliphatic carbocycles. The normalized spacial score (nSPS) is 11.9. The van der Waals surface area contributed by atoms with Crippen molar-refractivity contribution in [3.63, 3.8) is 0 Å².